The van der Waals surface area contributed by atoms with Crippen LogP contribution in [0.15, 0.2) is 291 Å². The third kappa shape index (κ3) is 8.58. The summed E-state index contributed by atoms with van der Waals surface area (Å²) in [5.41, 5.74) is 22.2. The van der Waals surface area contributed by atoms with Gasteiger partial charge in [-0.1, -0.05) is 264 Å². The van der Waals surface area contributed by atoms with Crippen molar-refractivity contribution >= 4 is 82.6 Å². The van der Waals surface area contributed by atoms with Gasteiger partial charge in [-0.15, -0.1) is 0 Å². The van der Waals surface area contributed by atoms with Gasteiger partial charge in [0, 0.05) is 38.2 Å². The number of rotatable bonds is 12. The van der Waals surface area contributed by atoms with Gasteiger partial charge in [0.05, 0.1) is 33.2 Å². The molecule has 13 aromatic carbocycles. The lowest BCUT2D eigenvalue weighted by atomic mass is 9.89. The van der Waals surface area contributed by atoms with Crippen LogP contribution in [0.25, 0.3) is 88.0 Å². The molecule has 0 atom stereocenters. The van der Waals surface area contributed by atoms with Gasteiger partial charge in [0.2, 0.25) is 0 Å². The highest BCUT2D eigenvalue weighted by Crippen LogP contribution is 2.65. The molecule has 0 bridgehead atoms. The van der Waals surface area contributed by atoms with E-state index in [1.165, 1.54) is 105 Å². The predicted molar refractivity (Wildman–Crippen MR) is 363 cm³/mol. The molecule has 0 saturated heterocycles. The van der Waals surface area contributed by atoms with Gasteiger partial charge in [0.25, 0.3) is 0 Å². The molecule has 14 rings (SSSR count). The van der Waals surface area contributed by atoms with Crippen LogP contribution in [0, 0.1) is 0 Å². The average molecular weight is 1100 g/mol. The molecule has 0 unspecified atom stereocenters. The van der Waals surface area contributed by atoms with Crippen molar-refractivity contribution in [2.24, 2.45) is 0 Å². The van der Waals surface area contributed by atoms with Crippen molar-refractivity contribution in [3.05, 3.63) is 302 Å². The number of hydrogen-bond donors (Lipinski definition) is 0. The quantitative estimate of drug-likeness (QED) is 0.0889. The predicted octanol–water partition coefficient (Wildman–Crippen LogP) is 22.8. The highest BCUT2D eigenvalue weighted by molar-refractivity contribution is 7.00. The standard InChI is InChI=1S/C79H66N2Si2/c1-82(2,3)79(83(4,5)6)72-54-75(81(62-39-23-12-24-40-62)74-50-46-60(56-31-15-8-16-32-56)52-70(74)58-35-19-10-20-36-58)65-42-26-28-44-67(65)76(72)77-66-43-27-25-41-64(66)71-53-63(47-48-68(71)78(77)79)80(61-37-21-11-22-38-61)73-49-45-59(55-29-13-7-14-30-55)51-69(73)57-33-17-9-18-34-57/h7-54H,1-6H3. The molecule has 4 heteroatoms. The Morgan fingerprint density at radius 3 is 1.13 bits per heavy atom. The fraction of sp³-hybridized carbons (Fsp3) is 0.0886. The maximum absolute atomic E-state index is 2.69. The third-order valence-corrected chi connectivity index (χ3v) is 27.7. The summed E-state index contributed by atoms with van der Waals surface area (Å²) in [6, 6.07) is 108. The molecule has 83 heavy (non-hydrogen) atoms. The van der Waals surface area contributed by atoms with E-state index >= 15 is 0 Å². The highest BCUT2D eigenvalue weighted by Gasteiger charge is 2.60. The first-order chi connectivity index (χ1) is 40.5. The van der Waals surface area contributed by atoms with Gasteiger partial charge in [-0.25, -0.2) is 0 Å². The van der Waals surface area contributed by atoms with Crippen LogP contribution < -0.4 is 9.80 Å². The molecular formula is C79H66N2Si2. The molecule has 0 N–H and O–H groups in total. The van der Waals surface area contributed by atoms with E-state index in [0.717, 1.165) is 28.4 Å². The van der Waals surface area contributed by atoms with Crippen molar-refractivity contribution in [3.8, 4) is 55.6 Å². The van der Waals surface area contributed by atoms with Crippen LogP contribution in [-0.2, 0) is 4.66 Å². The van der Waals surface area contributed by atoms with E-state index < -0.39 is 16.1 Å². The first-order valence-corrected chi connectivity index (χ1v) is 36.3. The second-order valence-electron chi connectivity index (χ2n) is 24.4. The van der Waals surface area contributed by atoms with E-state index in [4.69, 9.17) is 0 Å². The number of hydrogen-bond acceptors (Lipinski definition) is 2. The van der Waals surface area contributed by atoms with Crippen LogP contribution in [0.4, 0.5) is 34.1 Å². The number of benzene rings is 13. The Morgan fingerprint density at radius 1 is 0.253 bits per heavy atom. The Morgan fingerprint density at radius 2 is 0.651 bits per heavy atom. The monoisotopic (exact) mass is 1100 g/mol. The zero-order valence-electron chi connectivity index (χ0n) is 48.1. The number of para-hydroxylation sites is 2. The number of anilines is 6. The molecule has 0 spiro atoms. The number of fused-ring (bicyclic) bond motifs is 10. The Balaban J connectivity index is 1.06. The molecule has 400 valence electrons. The first-order valence-electron chi connectivity index (χ1n) is 29.3. The van der Waals surface area contributed by atoms with Crippen molar-refractivity contribution in [1.82, 2.24) is 0 Å². The van der Waals surface area contributed by atoms with E-state index in [9.17, 15) is 0 Å². The van der Waals surface area contributed by atoms with Crippen LogP contribution in [0.2, 0.25) is 39.3 Å². The van der Waals surface area contributed by atoms with Crippen LogP contribution >= 0.6 is 0 Å². The Kier molecular flexibility index (Phi) is 12.8. The smallest absolute Gasteiger partial charge is 0.0579 e. The summed E-state index contributed by atoms with van der Waals surface area (Å²) in [4.78, 5) is 5.07. The Bertz CT molecular complexity index is 4540. The van der Waals surface area contributed by atoms with Crippen LogP contribution in [0.1, 0.15) is 11.1 Å². The highest BCUT2D eigenvalue weighted by atomic mass is 28.4. The molecule has 0 aromatic heterocycles. The van der Waals surface area contributed by atoms with Gasteiger partial charge < -0.3 is 9.80 Å². The minimum atomic E-state index is -2.32. The lowest BCUT2D eigenvalue weighted by Gasteiger charge is -2.52. The maximum Gasteiger partial charge on any atom is 0.0579 e. The van der Waals surface area contributed by atoms with Gasteiger partial charge >= 0.3 is 0 Å². The molecule has 0 heterocycles. The molecule has 2 nitrogen and oxygen atoms in total. The molecule has 13 aromatic rings. The Labute approximate surface area is 491 Å². The summed E-state index contributed by atoms with van der Waals surface area (Å²) >= 11 is 0. The summed E-state index contributed by atoms with van der Waals surface area (Å²) in [5, 5.41) is 7.77. The molecule has 1 aliphatic rings. The third-order valence-electron chi connectivity index (χ3n) is 17.7. The molecule has 1 aliphatic carbocycles. The van der Waals surface area contributed by atoms with Gasteiger partial charge in [-0.05, 0) is 149 Å². The lowest BCUT2D eigenvalue weighted by molar-refractivity contribution is 0.963. The second kappa shape index (κ2) is 20.6. The normalized spacial score (nSPS) is 12.8. The molecular weight excluding hydrogens is 1030 g/mol. The minimum Gasteiger partial charge on any atom is -0.310 e. The first kappa shape index (κ1) is 51.8. The van der Waals surface area contributed by atoms with Crippen molar-refractivity contribution in [1.29, 1.82) is 0 Å². The van der Waals surface area contributed by atoms with Crippen molar-refractivity contribution in [3.63, 3.8) is 0 Å². The van der Waals surface area contributed by atoms with Crippen molar-refractivity contribution in [2.45, 2.75) is 43.9 Å². The van der Waals surface area contributed by atoms with Gasteiger partial charge in [-0.2, -0.15) is 0 Å². The summed E-state index contributed by atoms with van der Waals surface area (Å²) in [5.74, 6) is 0. The van der Waals surface area contributed by atoms with Gasteiger partial charge in [0.1, 0.15) is 0 Å². The molecule has 0 radical (unpaired) electrons. The van der Waals surface area contributed by atoms with Gasteiger partial charge in [-0.3, -0.25) is 0 Å². The van der Waals surface area contributed by atoms with E-state index in [2.05, 4.69) is 340 Å². The Hall–Kier alpha value is -9.33. The van der Waals surface area contributed by atoms with Crippen LogP contribution in [0.3, 0.4) is 0 Å². The van der Waals surface area contributed by atoms with Crippen LogP contribution in [-0.4, -0.2) is 16.1 Å². The molecule has 0 amide bonds. The summed E-state index contributed by atoms with van der Waals surface area (Å²) in [7, 11) is -4.63. The van der Waals surface area contributed by atoms with E-state index in [0.29, 0.717) is 0 Å². The fourth-order valence-electron chi connectivity index (χ4n) is 14.7. The molecule has 0 saturated carbocycles. The van der Waals surface area contributed by atoms with E-state index in [-0.39, 0.29) is 4.66 Å². The van der Waals surface area contributed by atoms with Crippen molar-refractivity contribution < 1.29 is 0 Å². The lowest BCUT2D eigenvalue weighted by Crippen LogP contribution is -2.63. The van der Waals surface area contributed by atoms with E-state index in [1.807, 2.05) is 0 Å². The number of nitrogens with zero attached hydrogens (tertiary/aromatic N) is 2. The SMILES string of the molecule is C[Si](C)(C)C1([Si](C)(C)C)c2cc(N(c3ccccc3)c3ccc(-c4ccccc4)cc3-c3ccccc3)c3ccccc3c2-c2c1c1ccc(N(c3ccccc3)c3ccc(-c4ccccc4)cc3-c3ccccc3)cc1c1ccccc21. The maximum atomic E-state index is 2.69. The summed E-state index contributed by atoms with van der Waals surface area (Å²) in [6.45, 7) is 16.0. The molecule has 0 aliphatic heterocycles. The summed E-state index contributed by atoms with van der Waals surface area (Å²) < 4.78 is -0.234. The average Bonchev–Trinajstić information content (AvgIpc) is 1.61. The molecule has 0 fully saturated rings. The van der Waals surface area contributed by atoms with Crippen LogP contribution in [0.5, 0.6) is 0 Å². The second-order valence-corrected chi connectivity index (χ2v) is 35.4. The van der Waals surface area contributed by atoms with Crippen molar-refractivity contribution in [2.75, 3.05) is 9.80 Å². The summed E-state index contributed by atoms with van der Waals surface area (Å²) in [6.07, 6.45) is 0. The van der Waals surface area contributed by atoms with E-state index in [1.54, 1.807) is 0 Å². The fourth-order valence-corrected chi connectivity index (χ4v) is 27.7. The largest absolute Gasteiger partial charge is 0.310 e. The zero-order chi connectivity index (χ0) is 56.5. The topological polar surface area (TPSA) is 6.48 Å². The minimum absolute atomic E-state index is 0.234. The van der Waals surface area contributed by atoms with Gasteiger partial charge in [0.15, 0.2) is 0 Å². The zero-order valence-corrected chi connectivity index (χ0v) is 50.1.